The Balaban J connectivity index is 2.44. The van der Waals surface area contributed by atoms with Gasteiger partial charge in [-0.15, -0.1) is 11.3 Å². The molecule has 0 bridgehead atoms. The van der Waals surface area contributed by atoms with Crippen LogP contribution in [0.3, 0.4) is 0 Å². The molecule has 1 aromatic heterocycles. The standard InChI is InChI=1S/C11H11BrN2S/c1-7-4-8(12)2-3-10(7)11-14-6-9(5-13)15-11/h2-4,6H,5,13H2,1H3. The summed E-state index contributed by atoms with van der Waals surface area (Å²) in [5.74, 6) is 0. The normalized spacial score (nSPS) is 10.6. The van der Waals surface area contributed by atoms with Gasteiger partial charge in [-0.25, -0.2) is 4.98 Å². The number of nitrogens with two attached hydrogens (primary N) is 1. The molecule has 0 radical (unpaired) electrons. The van der Waals surface area contributed by atoms with Crippen LogP contribution < -0.4 is 5.73 Å². The van der Waals surface area contributed by atoms with Crippen molar-refractivity contribution in [1.29, 1.82) is 0 Å². The Labute approximate surface area is 101 Å². The van der Waals surface area contributed by atoms with E-state index >= 15 is 0 Å². The maximum Gasteiger partial charge on any atom is 0.123 e. The molecule has 1 heterocycles. The maximum atomic E-state index is 5.57. The highest BCUT2D eigenvalue weighted by atomic mass is 79.9. The van der Waals surface area contributed by atoms with Crippen molar-refractivity contribution < 1.29 is 0 Å². The van der Waals surface area contributed by atoms with Gasteiger partial charge in [0, 0.05) is 27.7 Å². The van der Waals surface area contributed by atoms with E-state index in [0.29, 0.717) is 6.54 Å². The van der Waals surface area contributed by atoms with E-state index in [9.17, 15) is 0 Å². The number of benzene rings is 1. The second-order valence-electron chi connectivity index (χ2n) is 3.30. The fourth-order valence-corrected chi connectivity index (χ4v) is 2.75. The van der Waals surface area contributed by atoms with Gasteiger partial charge >= 0.3 is 0 Å². The van der Waals surface area contributed by atoms with E-state index in [0.717, 1.165) is 14.4 Å². The molecule has 0 atom stereocenters. The molecule has 0 aliphatic rings. The van der Waals surface area contributed by atoms with E-state index < -0.39 is 0 Å². The monoisotopic (exact) mass is 282 g/mol. The van der Waals surface area contributed by atoms with Gasteiger partial charge in [0.2, 0.25) is 0 Å². The molecule has 0 spiro atoms. The van der Waals surface area contributed by atoms with Crippen molar-refractivity contribution >= 4 is 27.3 Å². The van der Waals surface area contributed by atoms with Crippen LogP contribution in [0.15, 0.2) is 28.9 Å². The summed E-state index contributed by atoms with van der Waals surface area (Å²) < 4.78 is 1.10. The SMILES string of the molecule is Cc1cc(Br)ccc1-c1ncc(CN)s1. The lowest BCUT2D eigenvalue weighted by Gasteiger charge is -2.02. The summed E-state index contributed by atoms with van der Waals surface area (Å²) in [6, 6.07) is 6.21. The molecule has 1 aromatic carbocycles. The number of halogens is 1. The van der Waals surface area contributed by atoms with Crippen LogP contribution in [0, 0.1) is 6.92 Å². The quantitative estimate of drug-likeness (QED) is 0.918. The predicted molar refractivity (Wildman–Crippen MR) is 67.9 cm³/mol. The lowest BCUT2D eigenvalue weighted by molar-refractivity contribution is 1.10. The summed E-state index contributed by atoms with van der Waals surface area (Å²) in [4.78, 5) is 5.49. The molecule has 0 saturated heterocycles. The number of thiazole rings is 1. The maximum absolute atomic E-state index is 5.57. The van der Waals surface area contributed by atoms with E-state index in [1.54, 1.807) is 11.3 Å². The largest absolute Gasteiger partial charge is 0.326 e. The molecule has 4 heteroatoms. The Morgan fingerprint density at radius 2 is 2.27 bits per heavy atom. The summed E-state index contributed by atoms with van der Waals surface area (Å²) in [5, 5.41) is 1.04. The minimum Gasteiger partial charge on any atom is -0.326 e. The summed E-state index contributed by atoms with van der Waals surface area (Å²) in [5.41, 5.74) is 7.97. The number of aryl methyl sites for hydroxylation is 1. The molecule has 0 saturated carbocycles. The number of rotatable bonds is 2. The van der Waals surface area contributed by atoms with Gasteiger partial charge in [0.1, 0.15) is 5.01 Å². The summed E-state index contributed by atoms with van der Waals surface area (Å²) in [6.45, 7) is 2.65. The van der Waals surface area contributed by atoms with Crippen molar-refractivity contribution in [2.75, 3.05) is 0 Å². The zero-order valence-corrected chi connectivity index (χ0v) is 10.7. The van der Waals surface area contributed by atoms with Crippen molar-refractivity contribution in [3.8, 4) is 10.6 Å². The van der Waals surface area contributed by atoms with Crippen molar-refractivity contribution in [1.82, 2.24) is 4.98 Å². The topological polar surface area (TPSA) is 38.9 Å². The van der Waals surface area contributed by atoms with Crippen LogP contribution >= 0.6 is 27.3 Å². The predicted octanol–water partition coefficient (Wildman–Crippen LogP) is 3.34. The average molecular weight is 283 g/mol. The second-order valence-corrected chi connectivity index (χ2v) is 5.33. The van der Waals surface area contributed by atoms with Gasteiger partial charge in [-0.3, -0.25) is 0 Å². The molecule has 0 fully saturated rings. The Bertz CT molecular complexity index is 479. The molecule has 0 aliphatic carbocycles. The molecule has 2 N–H and O–H groups in total. The molecule has 2 nitrogen and oxygen atoms in total. The third kappa shape index (κ3) is 2.27. The number of hydrogen-bond donors (Lipinski definition) is 1. The van der Waals surface area contributed by atoms with Crippen molar-refractivity contribution in [2.45, 2.75) is 13.5 Å². The van der Waals surface area contributed by atoms with E-state index in [-0.39, 0.29) is 0 Å². The fraction of sp³-hybridized carbons (Fsp3) is 0.182. The highest BCUT2D eigenvalue weighted by Crippen LogP contribution is 2.29. The number of nitrogens with zero attached hydrogens (tertiary/aromatic N) is 1. The first-order chi connectivity index (χ1) is 7.20. The van der Waals surface area contributed by atoms with Crippen LogP contribution in [0.1, 0.15) is 10.4 Å². The average Bonchev–Trinajstić information content (AvgIpc) is 2.66. The van der Waals surface area contributed by atoms with Crippen molar-refractivity contribution in [3.05, 3.63) is 39.3 Å². The van der Waals surface area contributed by atoms with E-state index in [1.807, 2.05) is 12.3 Å². The molecule has 15 heavy (non-hydrogen) atoms. The smallest absolute Gasteiger partial charge is 0.123 e. The first kappa shape index (κ1) is 10.8. The lowest BCUT2D eigenvalue weighted by atomic mass is 10.1. The fourth-order valence-electron chi connectivity index (χ4n) is 1.39. The molecule has 78 valence electrons. The first-order valence-corrected chi connectivity index (χ1v) is 6.23. The molecule has 0 unspecified atom stereocenters. The van der Waals surface area contributed by atoms with Crippen molar-refractivity contribution in [3.63, 3.8) is 0 Å². The van der Waals surface area contributed by atoms with Gasteiger partial charge in [-0.2, -0.15) is 0 Å². The molecule has 2 rings (SSSR count). The van der Waals surface area contributed by atoms with Crippen LogP contribution in [0.2, 0.25) is 0 Å². The van der Waals surface area contributed by atoms with Gasteiger partial charge < -0.3 is 5.73 Å². The lowest BCUT2D eigenvalue weighted by Crippen LogP contribution is -1.91. The van der Waals surface area contributed by atoms with E-state index in [2.05, 4.69) is 40.0 Å². The zero-order valence-electron chi connectivity index (χ0n) is 8.33. The molecule has 2 aromatic rings. The Kier molecular flexibility index (Phi) is 3.19. The van der Waals surface area contributed by atoms with Crippen LogP contribution in [-0.2, 0) is 6.54 Å². The van der Waals surface area contributed by atoms with Gasteiger partial charge in [0.15, 0.2) is 0 Å². The van der Waals surface area contributed by atoms with Crippen LogP contribution in [-0.4, -0.2) is 4.98 Å². The van der Waals surface area contributed by atoms with Crippen LogP contribution in [0.5, 0.6) is 0 Å². The minimum atomic E-state index is 0.563. The summed E-state index contributed by atoms with van der Waals surface area (Å²) >= 11 is 5.11. The van der Waals surface area contributed by atoms with Crippen LogP contribution in [0.25, 0.3) is 10.6 Å². The van der Waals surface area contributed by atoms with Gasteiger partial charge in [0.25, 0.3) is 0 Å². The van der Waals surface area contributed by atoms with Gasteiger partial charge in [-0.1, -0.05) is 22.0 Å². The Hall–Kier alpha value is -0.710. The zero-order chi connectivity index (χ0) is 10.8. The molecular formula is C11H11BrN2S. The molecule has 0 amide bonds. The minimum absolute atomic E-state index is 0.563. The summed E-state index contributed by atoms with van der Waals surface area (Å²) in [7, 11) is 0. The Morgan fingerprint density at radius 1 is 1.47 bits per heavy atom. The Morgan fingerprint density at radius 3 is 2.87 bits per heavy atom. The van der Waals surface area contributed by atoms with Crippen LogP contribution in [0.4, 0.5) is 0 Å². The van der Waals surface area contributed by atoms with E-state index in [4.69, 9.17) is 5.73 Å². The number of hydrogen-bond acceptors (Lipinski definition) is 3. The third-order valence-corrected chi connectivity index (χ3v) is 3.72. The van der Waals surface area contributed by atoms with Gasteiger partial charge in [0.05, 0.1) is 0 Å². The highest BCUT2D eigenvalue weighted by molar-refractivity contribution is 9.10. The third-order valence-electron chi connectivity index (χ3n) is 2.17. The molecule has 0 aliphatic heterocycles. The van der Waals surface area contributed by atoms with Crippen molar-refractivity contribution in [2.24, 2.45) is 5.73 Å². The van der Waals surface area contributed by atoms with Gasteiger partial charge in [-0.05, 0) is 24.6 Å². The molecular weight excluding hydrogens is 272 g/mol. The highest BCUT2D eigenvalue weighted by Gasteiger charge is 2.06. The van der Waals surface area contributed by atoms with E-state index in [1.165, 1.54) is 11.1 Å². The first-order valence-electron chi connectivity index (χ1n) is 4.62. The summed E-state index contributed by atoms with van der Waals surface area (Å²) in [6.07, 6.45) is 1.85. The number of aromatic nitrogens is 1. The second kappa shape index (κ2) is 4.43.